The molecule has 0 radical (unpaired) electrons. The van der Waals surface area contributed by atoms with Gasteiger partial charge in [-0.1, -0.05) is 75.4 Å². The number of likely N-dealkylation sites (tertiary alicyclic amines) is 1. The fraction of sp³-hybridized carbons (Fsp3) is 0.606. The summed E-state index contributed by atoms with van der Waals surface area (Å²) in [7, 11) is 0. The number of cyclic esters (lactones) is 1. The van der Waals surface area contributed by atoms with Crippen LogP contribution in [0.25, 0.3) is 0 Å². The third kappa shape index (κ3) is 5.50. The van der Waals surface area contributed by atoms with Gasteiger partial charge in [0, 0.05) is 17.3 Å². The summed E-state index contributed by atoms with van der Waals surface area (Å²) in [6, 6.07) is 8.28. The second-order valence-electron chi connectivity index (χ2n) is 13.8. The number of allylic oxidation sites excluding steroid dienone is 1. The lowest BCUT2D eigenvalue weighted by molar-refractivity contribution is -0.154. The molecule has 1 unspecified atom stereocenters. The fourth-order valence-electron chi connectivity index (χ4n) is 7.66. The Labute approximate surface area is 248 Å². The molecular formula is C33H44N2O5S. The van der Waals surface area contributed by atoms with Crippen molar-refractivity contribution in [2.45, 2.75) is 87.9 Å². The average molecular weight is 581 g/mol. The van der Waals surface area contributed by atoms with E-state index in [-0.39, 0.29) is 35.1 Å². The lowest BCUT2D eigenvalue weighted by Gasteiger charge is -2.45. The van der Waals surface area contributed by atoms with Gasteiger partial charge in [-0.25, -0.2) is 0 Å². The number of hydrogen-bond donors (Lipinski definition) is 1. The Morgan fingerprint density at radius 2 is 1.80 bits per heavy atom. The van der Waals surface area contributed by atoms with E-state index in [1.54, 1.807) is 16.7 Å². The van der Waals surface area contributed by atoms with Crippen molar-refractivity contribution < 1.29 is 24.2 Å². The van der Waals surface area contributed by atoms with Gasteiger partial charge in [0.25, 0.3) is 0 Å². The van der Waals surface area contributed by atoms with Crippen LogP contribution in [0.5, 0.6) is 0 Å². The van der Waals surface area contributed by atoms with Crippen LogP contribution >= 0.6 is 11.8 Å². The summed E-state index contributed by atoms with van der Waals surface area (Å²) in [6.07, 6.45) is 10.9. The molecule has 4 aliphatic rings. The van der Waals surface area contributed by atoms with Gasteiger partial charge in [-0.05, 0) is 50.5 Å². The van der Waals surface area contributed by atoms with Crippen LogP contribution < -0.4 is 0 Å². The maximum atomic E-state index is 14.9. The number of aliphatic hydroxyl groups excluding tert-OH is 1. The van der Waals surface area contributed by atoms with E-state index in [1.807, 2.05) is 53.5 Å². The molecule has 1 aromatic carbocycles. The molecular weight excluding hydrogens is 536 g/mol. The van der Waals surface area contributed by atoms with Crippen molar-refractivity contribution in [2.24, 2.45) is 17.3 Å². The minimum absolute atomic E-state index is 0.0211. The second-order valence-corrected chi connectivity index (χ2v) is 15.2. The van der Waals surface area contributed by atoms with Gasteiger partial charge in [-0.15, -0.1) is 11.8 Å². The summed E-state index contributed by atoms with van der Waals surface area (Å²) in [5, 5.41) is 10.4. The third-order valence-corrected chi connectivity index (χ3v) is 10.6. The highest BCUT2D eigenvalue weighted by atomic mass is 32.2. The van der Waals surface area contributed by atoms with Gasteiger partial charge in [0.05, 0.1) is 35.8 Å². The zero-order valence-electron chi connectivity index (χ0n) is 24.9. The fourth-order valence-corrected chi connectivity index (χ4v) is 9.65. The number of nitrogens with zero attached hydrogens (tertiary/aromatic N) is 2. The van der Waals surface area contributed by atoms with Gasteiger partial charge in [-0.2, -0.15) is 0 Å². The molecule has 1 N–H and O–H groups in total. The maximum absolute atomic E-state index is 14.9. The summed E-state index contributed by atoms with van der Waals surface area (Å²) in [5.74, 6) is -2.19. The van der Waals surface area contributed by atoms with E-state index in [1.165, 1.54) is 0 Å². The van der Waals surface area contributed by atoms with Crippen molar-refractivity contribution in [2.75, 3.05) is 19.8 Å². The van der Waals surface area contributed by atoms with Crippen molar-refractivity contribution in [3.63, 3.8) is 0 Å². The number of carbonyl (C=O) groups excluding carboxylic acids is 3. The number of fused-ring (bicyclic) bond motifs is 2. The molecule has 4 aliphatic heterocycles. The standard InChI is InChI=1S/C33H44N2O5S/c1-31(2,3)21-32(4,5)34-17-12-16-33-26(25-24(41-33)15-10-7-11-18-40-30(25)39)28(37)35(27(33)29(34)38)23(20-36)19-22-13-8-6-9-14-22/h6,8-10,12-16,23-27,36H,7,11,17-21H2,1-5H3/b15-10-/t23-,24+,25-,26+,27?,33+/m1/s1. The second kappa shape index (κ2) is 11.3. The van der Waals surface area contributed by atoms with Gasteiger partial charge in [0.2, 0.25) is 11.8 Å². The molecule has 5 rings (SSSR count). The summed E-state index contributed by atoms with van der Waals surface area (Å²) >= 11 is 1.55. The quantitative estimate of drug-likeness (QED) is 0.397. The Balaban J connectivity index is 1.63. The van der Waals surface area contributed by atoms with Crippen molar-refractivity contribution in [1.82, 2.24) is 9.80 Å². The number of ether oxygens (including phenoxy) is 1. The van der Waals surface area contributed by atoms with Crippen molar-refractivity contribution in [3.8, 4) is 0 Å². The van der Waals surface area contributed by atoms with E-state index in [4.69, 9.17) is 4.74 Å². The smallest absolute Gasteiger partial charge is 0.311 e. The van der Waals surface area contributed by atoms with Crippen LogP contribution in [0, 0.1) is 17.3 Å². The number of carbonyl (C=O) groups is 3. The lowest BCUT2D eigenvalue weighted by atomic mass is 9.78. The van der Waals surface area contributed by atoms with Crippen molar-refractivity contribution >= 4 is 29.5 Å². The van der Waals surface area contributed by atoms with Crippen LogP contribution in [0.15, 0.2) is 54.6 Å². The van der Waals surface area contributed by atoms with E-state index in [0.717, 1.165) is 24.8 Å². The molecule has 1 spiro atoms. The highest BCUT2D eigenvalue weighted by Crippen LogP contribution is 2.61. The van der Waals surface area contributed by atoms with Crippen molar-refractivity contribution in [3.05, 3.63) is 60.2 Å². The Kier molecular flexibility index (Phi) is 8.20. The monoisotopic (exact) mass is 580 g/mol. The van der Waals surface area contributed by atoms with E-state index in [9.17, 15) is 19.5 Å². The topological polar surface area (TPSA) is 87.2 Å². The Morgan fingerprint density at radius 3 is 2.49 bits per heavy atom. The molecule has 2 fully saturated rings. The van der Waals surface area contributed by atoms with Crippen LogP contribution in [-0.2, 0) is 25.5 Å². The molecule has 2 amide bonds. The lowest BCUT2D eigenvalue weighted by Crippen LogP contribution is -2.60. The van der Waals surface area contributed by atoms with Crippen LogP contribution in [0.4, 0.5) is 0 Å². The third-order valence-electron chi connectivity index (χ3n) is 8.90. The molecule has 7 nitrogen and oxygen atoms in total. The first-order chi connectivity index (χ1) is 19.4. The normalized spacial score (nSPS) is 31.8. The molecule has 0 saturated carbocycles. The van der Waals surface area contributed by atoms with Gasteiger partial charge >= 0.3 is 5.97 Å². The number of esters is 1. The van der Waals surface area contributed by atoms with E-state index in [2.05, 4.69) is 40.7 Å². The molecule has 222 valence electrons. The van der Waals surface area contributed by atoms with Gasteiger partial charge in [0.1, 0.15) is 6.04 Å². The number of benzene rings is 1. The summed E-state index contributed by atoms with van der Waals surface area (Å²) in [6.45, 7) is 11.1. The minimum Gasteiger partial charge on any atom is -0.465 e. The first kappa shape index (κ1) is 29.9. The van der Waals surface area contributed by atoms with E-state index in [0.29, 0.717) is 19.6 Å². The molecule has 0 aliphatic carbocycles. The van der Waals surface area contributed by atoms with Crippen LogP contribution in [-0.4, -0.2) is 80.1 Å². The number of hydrogen-bond acceptors (Lipinski definition) is 6. The number of thioether (sulfide) groups is 1. The Bertz CT molecular complexity index is 1220. The molecule has 1 aromatic rings. The molecule has 0 bridgehead atoms. The van der Waals surface area contributed by atoms with E-state index < -0.39 is 34.2 Å². The first-order valence-corrected chi connectivity index (χ1v) is 15.7. The Hall–Kier alpha value is -2.58. The molecule has 6 atom stereocenters. The summed E-state index contributed by atoms with van der Waals surface area (Å²) < 4.78 is 4.74. The molecule has 8 heteroatoms. The molecule has 41 heavy (non-hydrogen) atoms. The molecule has 4 heterocycles. The SMILES string of the molecule is CC(C)(C)CC(C)(C)N1CC=C[C@]23S[C@H]4/C=C\CCCOC(=O)[C@H]4[C@H]2C(=O)N([C@@H](CO)Cc2ccccc2)C3C1=O. The number of aliphatic hydroxyl groups is 1. The maximum Gasteiger partial charge on any atom is 0.311 e. The highest BCUT2D eigenvalue weighted by Gasteiger charge is 2.72. The summed E-state index contributed by atoms with van der Waals surface area (Å²) in [5.41, 5.74) is 0.475. The number of rotatable bonds is 6. The predicted octanol–water partition coefficient (Wildman–Crippen LogP) is 4.39. The van der Waals surface area contributed by atoms with Crippen LogP contribution in [0.3, 0.4) is 0 Å². The van der Waals surface area contributed by atoms with Gasteiger partial charge < -0.3 is 19.6 Å². The largest absolute Gasteiger partial charge is 0.465 e. The minimum atomic E-state index is -0.942. The molecule has 0 aromatic heterocycles. The van der Waals surface area contributed by atoms with Gasteiger partial charge in [-0.3, -0.25) is 14.4 Å². The van der Waals surface area contributed by atoms with Gasteiger partial charge in [0.15, 0.2) is 0 Å². The zero-order valence-corrected chi connectivity index (χ0v) is 25.7. The average Bonchev–Trinajstić information content (AvgIpc) is 3.31. The van der Waals surface area contributed by atoms with Crippen molar-refractivity contribution in [1.29, 1.82) is 0 Å². The van der Waals surface area contributed by atoms with Crippen LogP contribution in [0.2, 0.25) is 0 Å². The Morgan fingerprint density at radius 1 is 1.07 bits per heavy atom. The molecule has 2 saturated heterocycles. The van der Waals surface area contributed by atoms with E-state index >= 15 is 0 Å². The zero-order chi connectivity index (χ0) is 29.6. The highest BCUT2D eigenvalue weighted by molar-refractivity contribution is 8.02. The summed E-state index contributed by atoms with van der Waals surface area (Å²) in [4.78, 5) is 46.6. The van der Waals surface area contributed by atoms with Crippen LogP contribution in [0.1, 0.15) is 59.4 Å². The predicted molar refractivity (Wildman–Crippen MR) is 161 cm³/mol. The first-order valence-electron chi connectivity index (χ1n) is 14.9. The number of amides is 2.